The molecule has 4 nitrogen and oxygen atoms in total. The van der Waals surface area contributed by atoms with E-state index in [9.17, 15) is 9.59 Å². The Morgan fingerprint density at radius 3 is 2.26 bits per heavy atom. The lowest BCUT2D eigenvalue weighted by Crippen LogP contribution is -2.50. The molecule has 0 aliphatic rings. The molecule has 0 aromatic heterocycles. The Morgan fingerprint density at radius 1 is 0.886 bits per heavy atom. The van der Waals surface area contributed by atoms with Gasteiger partial charge in [-0.15, -0.1) is 0 Å². The molecule has 0 fully saturated rings. The molecule has 2 amide bonds. The topological polar surface area (TPSA) is 49.4 Å². The molecule has 35 heavy (non-hydrogen) atoms. The van der Waals surface area contributed by atoms with Crippen molar-refractivity contribution in [1.29, 1.82) is 0 Å². The SMILES string of the molecule is CCCCNC(=O)C(Cc1ccccc1)N(Cc1ccc(Cl)cc1)C(=O)CCc1ccccc1Cl. The molecule has 0 heterocycles. The van der Waals surface area contributed by atoms with Crippen molar-refractivity contribution >= 4 is 35.0 Å². The van der Waals surface area contributed by atoms with Gasteiger partial charge in [-0.25, -0.2) is 0 Å². The van der Waals surface area contributed by atoms with Gasteiger partial charge in [0, 0.05) is 36.0 Å². The van der Waals surface area contributed by atoms with Crippen LogP contribution in [-0.4, -0.2) is 29.3 Å². The molecule has 0 saturated carbocycles. The molecule has 3 rings (SSSR count). The van der Waals surface area contributed by atoms with Crippen LogP contribution in [0.1, 0.15) is 42.9 Å². The zero-order chi connectivity index (χ0) is 25.0. The third kappa shape index (κ3) is 8.41. The molecule has 0 bridgehead atoms. The average Bonchev–Trinajstić information content (AvgIpc) is 2.87. The molecule has 184 valence electrons. The quantitative estimate of drug-likeness (QED) is 0.283. The zero-order valence-corrected chi connectivity index (χ0v) is 21.6. The molecule has 0 saturated heterocycles. The van der Waals surface area contributed by atoms with Crippen LogP contribution in [-0.2, 0) is 29.0 Å². The van der Waals surface area contributed by atoms with Gasteiger partial charge < -0.3 is 10.2 Å². The monoisotopic (exact) mass is 510 g/mol. The number of carbonyl (C=O) groups excluding carboxylic acids is 2. The Morgan fingerprint density at radius 2 is 1.57 bits per heavy atom. The molecule has 1 unspecified atom stereocenters. The summed E-state index contributed by atoms with van der Waals surface area (Å²) >= 11 is 12.4. The first-order valence-electron chi connectivity index (χ1n) is 12.1. The number of carbonyl (C=O) groups is 2. The second-order valence-corrected chi connectivity index (χ2v) is 9.43. The summed E-state index contributed by atoms with van der Waals surface area (Å²) in [5.74, 6) is -0.228. The number of rotatable bonds is 12. The minimum Gasteiger partial charge on any atom is -0.354 e. The number of hydrogen-bond acceptors (Lipinski definition) is 2. The minimum absolute atomic E-state index is 0.0913. The van der Waals surface area contributed by atoms with Crippen molar-refractivity contribution in [3.63, 3.8) is 0 Å². The number of benzene rings is 3. The van der Waals surface area contributed by atoms with E-state index in [1.54, 1.807) is 17.0 Å². The fraction of sp³-hybridized carbons (Fsp3) is 0.310. The number of aryl methyl sites for hydroxylation is 1. The Labute approximate surface area is 218 Å². The van der Waals surface area contributed by atoms with Gasteiger partial charge in [0.1, 0.15) is 6.04 Å². The molecular formula is C29H32Cl2N2O2. The number of halogens is 2. The second-order valence-electron chi connectivity index (χ2n) is 8.59. The highest BCUT2D eigenvalue weighted by atomic mass is 35.5. The Kier molecular flexibility index (Phi) is 10.6. The van der Waals surface area contributed by atoms with E-state index in [0.29, 0.717) is 36.0 Å². The molecular weight excluding hydrogens is 479 g/mol. The van der Waals surface area contributed by atoms with Crippen molar-refractivity contribution in [3.05, 3.63) is 106 Å². The summed E-state index contributed by atoms with van der Waals surface area (Å²) in [5, 5.41) is 4.31. The van der Waals surface area contributed by atoms with Gasteiger partial charge in [0.25, 0.3) is 0 Å². The summed E-state index contributed by atoms with van der Waals surface area (Å²) < 4.78 is 0. The summed E-state index contributed by atoms with van der Waals surface area (Å²) in [6.45, 7) is 2.99. The lowest BCUT2D eigenvalue weighted by Gasteiger charge is -2.32. The van der Waals surface area contributed by atoms with Crippen molar-refractivity contribution in [3.8, 4) is 0 Å². The molecule has 0 radical (unpaired) electrons. The number of unbranched alkanes of at least 4 members (excludes halogenated alkanes) is 1. The van der Waals surface area contributed by atoms with Gasteiger partial charge in [-0.1, -0.05) is 97.2 Å². The van der Waals surface area contributed by atoms with Gasteiger partial charge in [0.05, 0.1) is 0 Å². The minimum atomic E-state index is -0.635. The van der Waals surface area contributed by atoms with Gasteiger partial charge in [0.2, 0.25) is 11.8 Å². The number of amides is 2. The van der Waals surface area contributed by atoms with Crippen LogP contribution in [0.5, 0.6) is 0 Å². The molecule has 3 aromatic rings. The van der Waals surface area contributed by atoms with E-state index in [1.165, 1.54) is 0 Å². The first kappa shape index (κ1) is 26.8. The van der Waals surface area contributed by atoms with E-state index in [-0.39, 0.29) is 18.2 Å². The largest absolute Gasteiger partial charge is 0.354 e. The van der Waals surface area contributed by atoms with Crippen molar-refractivity contribution in [2.45, 2.75) is 51.6 Å². The molecule has 0 spiro atoms. The molecule has 0 aliphatic carbocycles. The molecule has 6 heteroatoms. The summed E-state index contributed by atoms with van der Waals surface area (Å²) in [6.07, 6.45) is 3.07. The predicted octanol–water partition coefficient (Wildman–Crippen LogP) is 6.48. The first-order valence-corrected chi connectivity index (χ1v) is 12.8. The van der Waals surface area contributed by atoms with Crippen LogP contribution in [0, 0.1) is 0 Å². The van der Waals surface area contributed by atoms with E-state index in [2.05, 4.69) is 12.2 Å². The van der Waals surface area contributed by atoms with E-state index in [1.807, 2.05) is 66.7 Å². The van der Waals surface area contributed by atoms with Crippen LogP contribution >= 0.6 is 23.2 Å². The van der Waals surface area contributed by atoms with Crippen LogP contribution in [0.2, 0.25) is 10.0 Å². The maximum absolute atomic E-state index is 13.6. The van der Waals surface area contributed by atoms with Crippen LogP contribution < -0.4 is 5.32 Å². The van der Waals surface area contributed by atoms with Gasteiger partial charge in [-0.3, -0.25) is 9.59 Å². The molecule has 1 N–H and O–H groups in total. The standard InChI is InChI=1S/C29H32Cl2N2O2/c1-2-3-19-32-29(35)27(20-22-9-5-4-6-10-22)33(21-23-13-16-25(30)17-14-23)28(34)18-15-24-11-7-8-12-26(24)31/h4-14,16-17,27H,2-3,15,18-21H2,1H3,(H,32,35). The number of hydrogen-bond donors (Lipinski definition) is 1. The van der Waals surface area contributed by atoms with Crippen LogP contribution in [0.15, 0.2) is 78.9 Å². The summed E-state index contributed by atoms with van der Waals surface area (Å²) in [4.78, 5) is 28.7. The third-order valence-corrected chi connectivity index (χ3v) is 6.55. The summed E-state index contributed by atoms with van der Waals surface area (Å²) in [6, 6.07) is 24.1. The van der Waals surface area contributed by atoms with E-state index in [4.69, 9.17) is 23.2 Å². The highest BCUT2D eigenvalue weighted by Gasteiger charge is 2.30. The van der Waals surface area contributed by atoms with Crippen molar-refractivity contribution in [1.82, 2.24) is 10.2 Å². The summed E-state index contributed by atoms with van der Waals surface area (Å²) in [5.41, 5.74) is 2.84. The maximum atomic E-state index is 13.6. The Bertz CT molecular complexity index is 1090. The Balaban J connectivity index is 1.88. The van der Waals surface area contributed by atoms with Crippen molar-refractivity contribution in [2.75, 3.05) is 6.54 Å². The second kappa shape index (κ2) is 13.9. The molecule has 3 aromatic carbocycles. The van der Waals surface area contributed by atoms with Gasteiger partial charge in [0.15, 0.2) is 0 Å². The van der Waals surface area contributed by atoms with E-state index in [0.717, 1.165) is 29.5 Å². The lowest BCUT2D eigenvalue weighted by atomic mass is 10.0. The maximum Gasteiger partial charge on any atom is 0.243 e. The van der Waals surface area contributed by atoms with Crippen LogP contribution in [0.4, 0.5) is 0 Å². The van der Waals surface area contributed by atoms with E-state index < -0.39 is 6.04 Å². The zero-order valence-electron chi connectivity index (χ0n) is 20.1. The van der Waals surface area contributed by atoms with Gasteiger partial charge in [-0.2, -0.15) is 0 Å². The lowest BCUT2D eigenvalue weighted by molar-refractivity contribution is -0.141. The third-order valence-electron chi connectivity index (χ3n) is 5.93. The first-order chi connectivity index (χ1) is 17.0. The smallest absolute Gasteiger partial charge is 0.243 e. The number of nitrogens with one attached hydrogen (secondary N) is 1. The van der Waals surface area contributed by atoms with Gasteiger partial charge >= 0.3 is 0 Å². The molecule has 1 atom stereocenters. The Hall–Kier alpha value is -2.82. The van der Waals surface area contributed by atoms with Crippen LogP contribution in [0.3, 0.4) is 0 Å². The molecule has 0 aliphatic heterocycles. The normalized spacial score (nSPS) is 11.6. The fourth-order valence-electron chi connectivity index (χ4n) is 3.93. The van der Waals surface area contributed by atoms with Crippen LogP contribution in [0.25, 0.3) is 0 Å². The fourth-order valence-corrected chi connectivity index (χ4v) is 4.29. The predicted molar refractivity (Wildman–Crippen MR) is 144 cm³/mol. The highest BCUT2D eigenvalue weighted by molar-refractivity contribution is 6.31. The van der Waals surface area contributed by atoms with Gasteiger partial charge in [-0.05, 0) is 47.7 Å². The van der Waals surface area contributed by atoms with E-state index >= 15 is 0 Å². The summed E-state index contributed by atoms with van der Waals surface area (Å²) in [7, 11) is 0. The highest BCUT2D eigenvalue weighted by Crippen LogP contribution is 2.20. The van der Waals surface area contributed by atoms with Crippen molar-refractivity contribution < 1.29 is 9.59 Å². The number of nitrogens with zero attached hydrogens (tertiary/aromatic N) is 1. The van der Waals surface area contributed by atoms with Crippen molar-refractivity contribution in [2.24, 2.45) is 0 Å². The average molecular weight is 511 g/mol.